The highest BCUT2D eigenvalue weighted by Crippen LogP contribution is 2.42. The van der Waals surface area contributed by atoms with Crippen molar-refractivity contribution >= 4 is 35.2 Å². The topological polar surface area (TPSA) is 113 Å². The molecule has 31 heavy (non-hydrogen) atoms. The fraction of sp³-hybridized carbons (Fsp3) is 0.217. The summed E-state index contributed by atoms with van der Waals surface area (Å²) in [5, 5.41) is 9.16. The Hall–Kier alpha value is -3.57. The van der Waals surface area contributed by atoms with Gasteiger partial charge in [-0.1, -0.05) is 42.1 Å². The van der Waals surface area contributed by atoms with Crippen LogP contribution in [-0.4, -0.2) is 29.6 Å². The van der Waals surface area contributed by atoms with Crippen LogP contribution >= 0.6 is 11.8 Å². The van der Waals surface area contributed by atoms with Gasteiger partial charge in [0, 0.05) is 0 Å². The van der Waals surface area contributed by atoms with Crippen LogP contribution in [0.2, 0.25) is 0 Å². The molecule has 7 nitrogen and oxygen atoms in total. The number of ether oxygens (including phenoxy) is 1. The Morgan fingerprint density at radius 3 is 2.45 bits per heavy atom. The molecule has 1 atom stereocenters. The number of primary amides is 1. The summed E-state index contributed by atoms with van der Waals surface area (Å²) in [4.78, 5) is 38.4. The van der Waals surface area contributed by atoms with Gasteiger partial charge in [-0.05, 0) is 49.6 Å². The van der Waals surface area contributed by atoms with Crippen molar-refractivity contribution in [3.63, 3.8) is 0 Å². The molecule has 0 aromatic heterocycles. The van der Waals surface area contributed by atoms with Gasteiger partial charge in [0.05, 0.1) is 23.1 Å². The number of benzene rings is 2. The number of amides is 2. The van der Waals surface area contributed by atoms with Gasteiger partial charge in [0.2, 0.25) is 5.91 Å². The first-order chi connectivity index (χ1) is 14.9. The van der Waals surface area contributed by atoms with E-state index in [1.54, 1.807) is 43.3 Å². The maximum atomic E-state index is 13.3. The Morgan fingerprint density at radius 1 is 1.19 bits per heavy atom. The van der Waals surface area contributed by atoms with Gasteiger partial charge in [-0.25, -0.2) is 4.79 Å². The van der Waals surface area contributed by atoms with Crippen LogP contribution in [0, 0.1) is 18.3 Å². The highest BCUT2D eigenvalue weighted by atomic mass is 32.2. The van der Waals surface area contributed by atoms with Gasteiger partial charge < -0.3 is 10.5 Å². The molecule has 1 unspecified atom stereocenters. The Bertz CT molecular complexity index is 1100. The standard InChI is InChI=1S/C23H21N3O4S/c1-3-30-23(29)16-10-8-15(9-11-16)12-19-21(28)26(18-7-5-4-6-14(18)2)22(31-19)17(13-24)20(25)27/h4-11,19H,3,12H2,1-2H3,(H2,25,27)/b22-17-. The minimum atomic E-state index is -0.879. The Kier molecular flexibility index (Phi) is 6.78. The van der Waals surface area contributed by atoms with Gasteiger partial charge in [-0.15, -0.1) is 0 Å². The molecule has 1 aliphatic rings. The molecular weight excluding hydrogens is 414 g/mol. The van der Waals surface area contributed by atoms with Crippen LogP contribution in [0.4, 0.5) is 5.69 Å². The van der Waals surface area contributed by atoms with Gasteiger partial charge in [0.1, 0.15) is 16.7 Å². The summed E-state index contributed by atoms with van der Waals surface area (Å²) < 4.78 is 4.98. The predicted octanol–water partition coefficient (Wildman–Crippen LogP) is 3.08. The van der Waals surface area contributed by atoms with E-state index in [0.29, 0.717) is 24.3 Å². The lowest BCUT2D eigenvalue weighted by Gasteiger charge is -2.20. The van der Waals surface area contributed by atoms with Gasteiger partial charge >= 0.3 is 5.97 Å². The van der Waals surface area contributed by atoms with E-state index in [1.165, 1.54) is 4.90 Å². The van der Waals surface area contributed by atoms with Crippen molar-refractivity contribution < 1.29 is 19.1 Å². The Labute approximate surface area is 184 Å². The van der Waals surface area contributed by atoms with Crippen molar-refractivity contribution in [2.45, 2.75) is 25.5 Å². The summed E-state index contributed by atoms with van der Waals surface area (Å²) in [6, 6.07) is 15.9. The van der Waals surface area contributed by atoms with Gasteiger partial charge in [-0.2, -0.15) is 5.26 Å². The molecule has 158 valence electrons. The van der Waals surface area contributed by atoms with E-state index in [0.717, 1.165) is 22.9 Å². The molecule has 1 fully saturated rings. The van der Waals surface area contributed by atoms with Gasteiger partial charge in [0.25, 0.3) is 5.91 Å². The van der Waals surface area contributed by atoms with E-state index < -0.39 is 17.1 Å². The second-order valence-electron chi connectivity index (χ2n) is 6.84. The third kappa shape index (κ3) is 4.62. The van der Waals surface area contributed by atoms with E-state index in [4.69, 9.17) is 10.5 Å². The van der Waals surface area contributed by atoms with Crippen molar-refractivity contribution in [3.05, 3.63) is 75.8 Å². The first-order valence-corrected chi connectivity index (χ1v) is 10.5. The molecule has 2 aromatic carbocycles. The van der Waals surface area contributed by atoms with Crippen molar-refractivity contribution in [2.75, 3.05) is 11.5 Å². The van der Waals surface area contributed by atoms with Crippen molar-refractivity contribution in [1.82, 2.24) is 0 Å². The average Bonchev–Trinajstić information content (AvgIpc) is 3.05. The molecule has 1 saturated heterocycles. The first-order valence-electron chi connectivity index (χ1n) is 9.63. The molecule has 0 saturated carbocycles. The molecule has 1 heterocycles. The number of anilines is 1. The largest absolute Gasteiger partial charge is 0.462 e. The van der Waals surface area contributed by atoms with E-state index in [2.05, 4.69) is 0 Å². The first kappa shape index (κ1) is 22.1. The van der Waals surface area contributed by atoms with Crippen LogP contribution in [0.3, 0.4) is 0 Å². The Morgan fingerprint density at radius 2 is 1.87 bits per heavy atom. The van der Waals surface area contributed by atoms with Crippen molar-refractivity contribution in [2.24, 2.45) is 5.73 Å². The van der Waals surface area contributed by atoms with Gasteiger partial charge in [0.15, 0.2) is 0 Å². The lowest BCUT2D eigenvalue weighted by molar-refractivity contribution is -0.117. The van der Waals surface area contributed by atoms with Crippen molar-refractivity contribution in [3.8, 4) is 6.07 Å². The summed E-state index contributed by atoms with van der Waals surface area (Å²) in [5.41, 5.74) is 7.85. The number of carbonyl (C=O) groups excluding carboxylic acids is 3. The maximum Gasteiger partial charge on any atom is 0.338 e. The number of nitrogens with zero attached hydrogens (tertiary/aromatic N) is 2. The van der Waals surface area contributed by atoms with Crippen molar-refractivity contribution in [1.29, 1.82) is 5.26 Å². The number of nitriles is 1. The molecular formula is C23H21N3O4S. The highest BCUT2D eigenvalue weighted by molar-refractivity contribution is 8.05. The lowest BCUT2D eigenvalue weighted by Crippen LogP contribution is -2.31. The van der Waals surface area contributed by atoms with E-state index in [9.17, 15) is 19.6 Å². The molecule has 3 rings (SSSR count). The minimum absolute atomic E-state index is 0.238. The highest BCUT2D eigenvalue weighted by Gasteiger charge is 2.40. The molecule has 0 radical (unpaired) electrons. The molecule has 2 N–H and O–H groups in total. The smallest absolute Gasteiger partial charge is 0.338 e. The number of carbonyl (C=O) groups is 3. The summed E-state index contributed by atoms with van der Waals surface area (Å²) in [6.07, 6.45) is 0.357. The third-order valence-electron chi connectivity index (χ3n) is 4.77. The number of esters is 1. The normalized spacial score (nSPS) is 17.3. The van der Waals surface area contributed by atoms with Crippen LogP contribution in [0.5, 0.6) is 0 Å². The zero-order valence-electron chi connectivity index (χ0n) is 17.1. The number of rotatable bonds is 6. The number of thioether (sulfide) groups is 1. The molecule has 0 aliphatic carbocycles. The van der Waals surface area contributed by atoms with Crippen LogP contribution in [0.15, 0.2) is 59.1 Å². The molecule has 2 aromatic rings. The fourth-order valence-corrected chi connectivity index (χ4v) is 4.55. The fourth-order valence-electron chi connectivity index (χ4n) is 3.24. The minimum Gasteiger partial charge on any atom is -0.462 e. The van der Waals surface area contributed by atoms with Crippen LogP contribution in [0.1, 0.15) is 28.4 Å². The SMILES string of the molecule is CCOC(=O)c1ccc(CC2S/C(=C(/C#N)C(N)=O)N(c3ccccc3C)C2=O)cc1. The molecule has 2 amide bonds. The van der Waals surface area contributed by atoms with E-state index >= 15 is 0 Å². The van der Waals surface area contributed by atoms with Gasteiger partial charge in [-0.3, -0.25) is 14.5 Å². The second kappa shape index (κ2) is 9.49. The predicted molar refractivity (Wildman–Crippen MR) is 118 cm³/mol. The zero-order valence-corrected chi connectivity index (χ0v) is 17.9. The van der Waals surface area contributed by atoms with E-state index in [1.807, 2.05) is 25.1 Å². The molecule has 1 aliphatic heterocycles. The maximum absolute atomic E-state index is 13.3. The summed E-state index contributed by atoms with van der Waals surface area (Å²) in [5.74, 6) is -1.52. The van der Waals surface area contributed by atoms with Crippen LogP contribution in [0.25, 0.3) is 0 Å². The summed E-state index contributed by atoms with van der Waals surface area (Å²) >= 11 is 1.15. The lowest BCUT2D eigenvalue weighted by atomic mass is 10.1. The molecule has 8 heteroatoms. The molecule has 0 bridgehead atoms. The Balaban J connectivity index is 1.94. The van der Waals surface area contributed by atoms with Crippen LogP contribution < -0.4 is 10.6 Å². The molecule has 0 spiro atoms. The number of hydrogen-bond donors (Lipinski definition) is 1. The monoisotopic (exact) mass is 435 g/mol. The number of hydrogen-bond acceptors (Lipinski definition) is 6. The summed E-state index contributed by atoms with van der Waals surface area (Å²) in [6.45, 7) is 3.88. The zero-order chi connectivity index (χ0) is 22.5. The third-order valence-corrected chi connectivity index (χ3v) is 6.03. The quantitative estimate of drug-likeness (QED) is 0.424. The number of aryl methyl sites for hydroxylation is 1. The number of nitrogens with two attached hydrogens (primary N) is 1. The number of para-hydroxylation sites is 1. The average molecular weight is 436 g/mol. The van der Waals surface area contributed by atoms with Crippen LogP contribution in [-0.2, 0) is 20.7 Å². The van der Waals surface area contributed by atoms with E-state index in [-0.39, 0.29) is 16.5 Å². The summed E-state index contributed by atoms with van der Waals surface area (Å²) in [7, 11) is 0. The second-order valence-corrected chi connectivity index (χ2v) is 8.04.